The van der Waals surface area contributed by atoms with E-state index in [1.807, 2.05) is 19.1 Å². The van der Waals surface area contributed by atoms with E-state index in [-0.39, 0.29) is 5.25 Å². The van der Waals surface area contributed by atoms with Crippen LogP contribution < -0.4 is 5.73 Å². The molecule has 0 bridgehead atoms. The summed E-state index contributed by atoms with van der Waals surface area (Å²) in [6.07, 6.45) is 1.58. The van der Waals surface area contributed by atoms with Crippen molar-refractivity contribution in [1.82, 2.24) is 15.0 Å². The Bertz CT molecular complexity index is 788. The third kappa shape index (κ3) is 3.07. The summed E-state index contributed by atoms with van der Waals surface area (Å²) < 4.78 is 5.27. The molecule has 0 saturated heterocycles. The molecule has 3 aromatic heterocycles. The first-order chi connectivity index (χ1) is 10.0. The molecule has 1 unspecified atom stereocenters. The molecule has 108 valence electrons. The van der Waals surface area contributed by atoms with Crippen LogP contribution in [0.3, 0.4) is 0 Å². The van der Waals surface area contributed by atoms with Crippen LogP contribution in [0.25, 0.3) is 11.0 Å². The van der Waals surface area contributed by atoms with Gasteiger partial charge in [-0.3, -0.25) is 0 Å². The van der Waals surface area contributed by atoms with Crippen molar-refractivity contribution in [2.75, 3.05) is 5.73 Å². The number of pyridine rings is 1. The number of rotatable bonds is 3. The van der Waals surface area contributed by atoms with E-state index in [0.29, 0.717) is 26.9 Å². The lowest BCUT2D eigenvalue weighted by molar-refractivity contribution is 0.614. The predicted octanol–water partition coefficient (Wildman–Crippen LogP) is 4.36. The van der Waals surface area contributed by atoms with Crippen molar-refractivity contribution in [2.45, 2.75) is 17.3 Å². The first-order valence-electron chi connectivity index (χ1n) is 6.03. The second-order valence-corrected chi connectivity index (χ2v) is 6.39. The van der Waals surface area contributed by atoms with E-state index in [1.54, 1.807) is 6.26 Å². The standard InChI is InChI=1S/C13H10Cl2N4OS/c1-6(21-13-18-9(14)5-10(16)19-13)8-4-7-2-3-20-11(7)12(15)17-8/h2-6H,1H3,(H2,16,18,19). The van der Waals surface area contributed by atoms with Gasteiger partial charge in [0.15, 0.2) is 15.9 Å². The molecule has 0 aromatic carbocycles. The lowest BCUT2D eigenvalue weighted by Gasteiger charge is -2.10. The van der Waals surface area contributed by atoms with Gasteiger partial charge in [-0.05, 0) is 19.1 Å². The summed E-state index contributed by atoms with van der Waals surface area (Å²) in [4.78, 5) is 12.6. The highest BCUT2D eigenvalue weighted by molar-refractivity contribution is 7.99. The third-order valence-electron chi connectivity index (χ3n) is 2.81. The minimum absolute atomic E-state index is 0.0142. The van der Waals surface area contributed by atoms with E-state index in [1.165, 1.54) is 17.8 Å². The maximum Gasteiger partial charge on any atom is 0.191 e. The summed E-state index contributed by atoms with van der Waals surface area (Å²) in [7, 11) is 0. The molecule has 3 aromatic rings. The minimum atomic E-state index is -0.0142. The van der Waals surface area contributed by atoms with Crippen LogP contribution in [0.4, 0.5) is 5.82 Å². The average Bonchev–Trinajstić information content (AvgIpc) is 2.86. The van der Waals surface area contributed by atoms with E-state index in [9.17, 15) is 0 Å². The van der Waals surface area contributed by atoms with Gasteiger partial charge >= 0.3 is 0 Å². The van der Waals surface area contributed by atoms with Gasteiger partial charge in [-0.25, -0.2) is 15.0 Å². The maximum absolute atomic E-state index is 6.11. The van der Waals surface area contributed by atoms with Crippen LogP contribution in [-0.4, -0.2) is 15.0 Å². The first-order valence-corrected chi connectivity index (χ1v) is 7.67. The molecule has 8 heteroatoms. The van der Waals surface area contributed by atoms with Gasteiger partial charge in [0, 0.05) is 11.5 Å². The maximum atomic E-state index is 6.11. The number of fused-ring (bicyclic) bond motifs is 1. The summed E-state index contributed by atoms with van der Waals surface area (Å²) in [5, 5.41) is 2.04. The second-order valence-electron chi connectivity index (χ2n) is 4.34. The molecule has 0 amide bonds. The zero-order valence-corrected chi connectivity index (χ0v) is 13.2. The lowest BCUT2D eigenvalue weighted by atomic mass is 10.2. The number of hydrogen-bond acceptors (Lipinski definition) is 6. The molecule has 0 saturated carbocycles. The van der Waals surface area contributed by atoms with Gasteiger partial charge in [0.25, 0.3) is 0 Å². The molecule has 3 rings (SSSR count). The Morgan fingerprint density at radius 3 is 2.81 bits per heavy atom. The van der Waals surface area contributed by atoms with E-state index in [2.05, 4.69) is 15.0 Å². The van der Waals surface area contributed by atoms with Gasteiger partial charge < -0.3 is 10.2 Å². The van der Waals surface area contributed by atoms with Crippen LogP contribution >= 0.6 is 35.0 Å². The topological polar surface area (TPSA) is 77.8 Å². The SMILES string of the molecule is CC(Sc1nc(N)cc(Cl)n1)c1cc2ccoc2c(Cl)n1. The number of nitrogen functional groups attached to an aromatic ring is 1. The summed E-state index contributed by atoms with van der Waals surface area (Å²) >= 11 is 13.4. The van der Waals surface area contributed by atoms with Crippen molar-refractivity contribution < 1.29 is 4.42 Å². The molecule has 0 aliphatic heterocycles. The van der Waals surface area contributed by atoms with Crippen LogP contribution in [0.5, 0.6) is 0 Å². The molecular weight excluding hydrogens is 331 g/mol. The van der Waals surface area contributed by atoms with Gasteiger partial charge in [0.2, 0.25) is 0 Å². The largest absolute Gasteiger partial charge is 0.461 e. The normalized spacial score (nSPS) is 12.7. The molecule has 2 N–H and O–H groups in total. The van der Waals surface area contributed by atoms with Crippen molar-refractivity contribution >= 4 is 51.8 Å². The Balaban J connectivity index is 1.91. The van der Waals surface area contributed by atoms with Crippen LogP contribution in [0.1, 0.15) is 17.9 Å². The highest BCUT2D eigenvalue weighted by atomic mass is 35.5. The van der Waals surface area contributed by atoms with Crippen molar-refractivity contribution in [3.63, 3.8) is 0 Å². The average molecular weight is 341 g/mol. The van der Waals surface area contributed by atoms with Crippen LogP contribution in [0.2, 0.25) is 10.3 Å². The number of hydrogen-bond donors (Lipinski definition) is 1. The number of aromatic nitrogens is 3. The zero-order valence-electron chi connectivity index (χ0n) is 10.9. The third-order valence-corrected chi connectivity index (χ3v) is 4.24. The summed E-state index contributed by atoms with van der Waals surface area (Å²) in [6, 6.07) is 5.27. The van der Waals surface area contributed by atoms with Gasteiger partial charge in [0.05, 0.1) is 17.2 Å². The quantitative estimate of drug-likeness (QED) is 0.330. The van der Waals surface area contributed by atoms with Crippen molar-refractivity contribution in [3.05, 3.63) is 40.5 Å². The molecule has 0 spiro atoms. The van der Waals surface area contributed by atoms with Gasteiger partial charge in [0.1, 0.15) is 11.0 Å². The monoisotopic (exact) mass is 340 g/mol. The molecule has 5 nitrogen and oxygen atoms in total. The predicted molar refractivity (Wildman–Crippen MR) is 84.7 cm³/mol. The van der Waals surface area contributed by atoms with Gasteiger partial charge in [-0.2, -0.15) is 0 Å². The number of anilines is 1. The fourth-order valence-electron chi connectivity index (χ4n) is 1.85. The van der Waals surface area contributed by atoms with Crippen molar-refractivity contribution in [1.29, 1.82) is 0 Å². The first kappa shape index (κ1) is 14.4. The molecular formula is C13H10Cl2N4OS. The Morgan fingerprint density at radius 2 is 2.05 bits per heavy atom. The minimum Gasteiger partial charge on any atom is -0.461 e. The number of thioether (sulfide) groups is 1. The number of nitrogens with zero attached hydrogens (tertiary/aromatic N) is 3. The fraction of sp³-hybridized carbons (Fsp3) is 0.154. The van der Waals surface area contributed by atoms with E-state index >= 15 is 0 Å². The summed E-state index contributed by atoms with van der Waals surface area (Å²) in [5.74, 6) is 0.334. The number of furan rings is 1. The molecule has 0 radical (unpaired) electrons. The van der Waals surface area contributed by atoms with Crippen molar-refractivity contribution in [3.8, 4) is 0 Å². The smallest absolute Gasteiger partial charge is 0.191 e. The molecule has 3 heterocycles. The molecule has 0 aliphatic rings. The fourth-order valence-corrected chi connectivity index (χ4v) is 3.21. The molecule has 1 atom stereocenters. The Hall–Kier alpha value is -1.50. The van der Waals surface area contributed by atoms with Crippen molar-refractivity contribution in [2.24, 2.45) is 0 Å². The summed E-state index contributed by atoms with van der Waals surface area (Å²) in [6.45, 7) is 1.98. The highest BCUT2D eigenvalue weighted by Gasteiger charge is 2.15. The van der Waals surface area contributed by atoms with Gasteiger partial charge in [-0.15, -0.1) is 0 Å². The van der Waals surface area contributed by atoms with E-state index in [4.69, 9.17) is 33.4 Å². The summed E-state index contributed by atoms with van der Waals surface area (Å²) in [5.41, 5.74) is 7.05. The van der Waals surface area contributed by atoms with E-state index in [0.717, 1.165) is 11.1 Å². The van der Waals surface area contributed by atoms with E-state index < -0.39 is 0 Å². The lowest BCUT2D eigenvalue weighted by Crippen LogP contribution is -1.98. The molecule has 0 fully saturated rings. The Kier molecular flexibility index (Phi) is 3.93. The van der Waals surface area contributed by atoms with Crippen LogP contribution in [0.15, 0.2) is 34.0 Å². The second kappa shape index (κ2) is 5.71. The number of nitrogens with two attached hydrogens (primary N) is 1. The number of halogens is 2. The zero-order chi connectivity index (χ0) is 15.0. The Labute approximate surface area is 134 Å². The van der Waals surface area contributed by atoms with Gasteiger partial charge in [-0.1, -0.05) is 35.0 Å². The Morgan fingerprint density at radius 1 is 1.24 bits per heavy atom. The molecule has 21 heavy (non-hydrogen) atoms. The van der Waals surface area contributed by atoms with Crippen LogP contribution in [0, 0.1) is 0 Å². The highest BCUT2D eigenvalue weighted by Crippen LogP contribution is 2.35. The molecule has 0 aliphatic carbocycles. The van der Waals surface area contributed by atoms with Crippen LogP contribution in [-0.2, 0) is 0 Å².